The first-order valence-corrected chi connectivity index (χ1v) is 7.42. The van der Waals surface area contributed by atoms with Gasteiger partial charge in [0, 0.05) is 24.3 Å². The molecule has 1 aliphatic rings. The Morgan fingerprint density at radius 2 is 2.12 bits per heavy atom. The van der Waals surface area contributed by atoms with Crippen LogP contribution >= 0.6 is 11.8 Å². The Morgan fingerprint density at radius 1 is 1.35 bits per heavy atom. The lowest BCUT2D eigenvalue weighted by Gasteiger charge is -2.27. The molecule has 1 aromatic rings. The van der Waals surface area contributed by atoms with E-state index in [-0.39, 0.29) is 0 Å². The van der Waals surface area contributed by atoms with Crippen LogP contribution in [-0.4, -0.2) is 34.3 Å². The second kappa shape index (κ2) is 6.26. The molecule has 1 saturated carbocycles. The number of nitrogens with one attached hydrogen (secondary N) is 1. The summed E-state index contributed by atoms with van der Waals surface area (Å²) >= 11 is 1.97. The van der Waals surface area contributed by atoms with Crippen LogP contribution in [0.3, 0.4) is 0 Å². The van der Waals surface area contributed by atoms with Crippen LogP contribution in [0.25, 0.3) is 0 Å². The van der Waals surface area contributed by atoms with Gasteiger partial charge in [0.2, 0.25) is 5.89 Å². The second-order valence-electron chi connectivity index (χ2n) is 4.39. The maximum Gasteiger partial charge on any atom is 0.315 e. The van der Waals surface area contributed by atoms with E-state index in [1.54, 1.807) is 0 Å². The first kappa shape index (κ1) is 12.7. The quantitative estimate of drug-likeness (QED) is 0.834. The first-order valence-electron chi connectivity index (χ1n) is 6.13. The number of nitrogens with zero attached hydrogens (tertiary/aromatic N) is 2. The molecule has 0 aliphatic heterocycles. The van der Waals surface area contributed by atoms with Gasteiger partial charge in [-0.2, -0.15) is 11.8 Å². The summed E-state index contributed by atoms with van der Waals surface area (Å²) in [4.78, 5) is 0. The zero-order valence-corrected chi connectivity index (χ0v) is 11.0. The molecule has 1 heterocycles. The number of hydrogen-bond donors (Lipinski definition) is 2. The smallest absolute Gasteiger partial charge is 0.315 e. The monoisotopic (exact) mass is 256 g/mol. The standard InChI is InChI=1S/C11H20N4OS/c1-17-9-4-2-8(3-5-9)13-11-15-14-10(16-11)6-7-12/h8-9H,2-7,12H2,1H3,(H,13,15). The van der Waals surface area contributed by atoms with Gasteiger partial charge in [-0.3, -0.25) is 0 Å². The minimum Gasteiger partial charge on any atom is -0.408 e. The summed E-state index contributed by atoms with van der Waals surface area (Å²) in [7, 11) is 0. The van der Waals surface area contributed by atoms with E-state index < -0.39 is 0 Å². The molecule has 6 heteroatoms. The van der Waals surface area contributed by atoms with Gasteiger partial charge in [0.05, 0.1) is 0 Å². The summed E-state index contributed by atoms with van der Waals surface area (Å²) in [5, 5.41) is 12.1. The molecule has 0 spiro atoms. The minimum absolute atomic E-state index is 0.476. The minimum atomic E-state index is 0.476. The predicted octanol–water partition coefficient (Wildman–Crippen LogP) is 1.66. The summed E-state index contributed by atoms with van der Waals surface area (Å²) in [6.07, 6.45) is 7.73. The van der Waals surface area contributed by atoms with Crippen molar-refractivity contribution in [1.29, 1.82) is 0 Å². The average Bonchev–Trinajstić information content (AvgIpc) is 2.78. The number of hydrogen-bond acceptors (Lipinski definition) is 6. The number of rotatable bonds is 5. The van der Waals surface area contributed by atoms with Crippen LogP contribution in [0.15, 0.2) is 4.42 Å². The van der Waals surface area contributed by atoms with Crippen molar-refractivity contribution in [2.24, 2.45) is 5.73 Å². The number of aromatic nitrogens is 2. The van der Waals surface area contributed by atoms with Crippen molar-refractivity contribution in [3.8, 4) is 0 Å². The third kappa shape index (κ3) is 3.61. The predicted molar refractivity (Wildman–Crippen MR) is 70.2 cm³/mol. The van der Waals surface area contributed by atoms with Crippen LogP contribution in [-0.2, 0) is 6.42 Å². The Hall–Kier alpha value is -0.750. The zero-order chi connectivity index (χ0) is 12.1. The molecule has 3 N–H and O–H groups in total. The van der Waals surface area contributed by atoms with E-state index in [2.05, 4.69) is 21.8 Å². The van der Waals surface area contributed by atoms with Crippen molar-refractivity contribution >= 4 is 17.8 Å². The Morgan fingerprint density at radius 3 is 2.76 bits per heavy atom. The van der Waals surface area contributed by atoms with Crippen molar-refractivity contribution in [3.63, 3.8) is 0 Å². The second-order valence-corrected chi connectivity index (χ2v) is 5.53. The summed E-state index contributed by atoms with van der Waals surface area (Å²) in [5.41, 5.74) is 5.43. The van der Waals surface area contributed by atoms with E-state index in [0.717, 1.165) is 5.25 Å². The Bertz CT molecular complexity index is 336. The SMILES string of the molecule is CSC1CCC(Nc2nnc(CCN)o2)CC1. The lowest BCUT2D eigenvalue weighted by Crippen LogP contribution is -2.27. The summed E-state index contributed by atoms with van der Waals surface area (Å²) in [6, 6.07) is 1.02. The normalized spacial score (nSPS) is 24.8. The van der Waals surface area contributed by atoms with E-state index in [1.165, 1.54) is 25.7 Å². The molecule has 0 bridgehead atoms. The molecule has 96 valence electrons. The lowest BCUT2D eigenvalue weighted by molar-refractivity contribution is 0.448. The molecular formula is C11H20N4OS. The highest BCUT2D eigenvalue weighted by Crippen LogP contribution is 2.28. The molecule has 0 aromatic carbocycles. The fourth-order valence-electron chi connectivity index (χ4n) is 2.15. The molecule has 2 rings (SSSR count). The van der Waals surface area contributed by atoms with Crippen molar-refractivity contribution in [2.45, 2.75) is 43.4 Å². The van der Waals surface area contributed by atoms with Gasteiger partial charge in [0.1, 0.15) is 0 Å². The van der Waals surface area contributed by atoms with E-state index in [4.69, 9.17) is 10.2 Å². The lowest BCUT2D eigenvalue weighted by atomic mass is 9.95. The van der Waals surface area contributed by atoms with Crippen LogP contribution in [0, 0.1) is 0 Å². The highest BCUT2D eigenvalue weighted by Gasteiger charge is 2.21. The Balaban J connectivity index is 1.80. The fraction of sp³-hybridized carbons (Fsp3) is 0.818. The molecule has 0 saturated heterocycles. The first-order chi connectivity index (χ1) is 8.31. The largest absolute Gasteiger partial charge is 0.408 e. The van der Waals surface area contributed by atoms with Gasteiger partial charge in [-0.15, -0.1) is 5.10 Å². The van der Waals surface area contributed by atoms with Crippen LogP contribution in [0.4, 0.5) is 6.01 Å². The summed E-state index contributed by atoms with van der Waals surface area (Å²) in [5.74, 6) is 0.618. The number of thioether (sulfide) groups is 1. The van der Waals surface area contributed by atoms with Gasteiger partial charge in [-0.25, -0.2) is 0 Å². The van der Waals surface area contributed by atoms with Gasteiger partial charge in [0.25, 0.3) is 0 Å². The fourth-order valence-corrected chi connectivity index (χ4v) is 2.90. The van der Waals surface area contributed by atoms with Crippen LogP contribution in [0.2, 0.25) is 0 Å². The molecule has 17 heavy (non-hydrogen) atoms. The van der Waals surface area contributed by atoms with Gasteiger partial charge in [0.15, 0.2) is 0 Å². The Labute approximate surface area is 106 Å². The van der Waals surface area contributed by atoms with Crippen molar-refractivity contribution in [1.82, 2.24) is 10.2 Å². The zero-order valence-electron chi connectivity index (χ0n) is 10.2. The molecule has 0 unspecified atom stereocenters. The average molecular weight is 256 g/mol. The highest BCUT2D eigenvalue weighted by molar-refractivity contribution is 7.99. The van der Waals surface area contributed by atoms with Crippen molar-refractivity contribution in [2.75, 3.05) is 18.1 Å². The van der Waals surface area contributed by atoms with Gasteiger partial charge < -0.3 is 15.5 Å². The van der Waals surface area contributed by atoms with Crippen LogP contribution in [0.5, 0.6) is 0 Å². The third-order valence-electron chi connectivity index (χ3n) is 3.16. The van der Waals surface area contributed by atoms with E-state index in [1.807, 2.05) is 11.8 Å². The van der Waals surface area contributed by atoms with E-state index in [9.17, 15) is 0 Å². The van der Waals surface area contributed by atoms with Gasteiger partial charge in [-0.1, -0.05) is 5.10 Å². The van der Waals surface area contributed by atoms with Crippen LogP contribution < -0.4 is 11.1 Å². The van der Waals surface area contributed by atoms with Crippen molar-refractivity contribution in [3.05, 3.63) is 5.89 Å². The molecule has 1 fully saturated rings. The highest BCUT2D eigenvalue weighted by atomic mass is 32.2. The van der Waals surface area contributed by atoms with Crippen molar-refractivity contribution < 1.29 is 4.42 Å². The maximum atomic E-state index is 5.46. The van der Waals surface area contributed by atoms with E-state index >= 15 is 0 Å². The summed E-state index contributed by atoms with van der Waals surface area (Å²) in [6.45, 7) is 0.542. The van der Waals surface area contributed by atoms with Gasteiger partial charge in [-0.05, 0) is 31.9 Å². The topological polar surface area (TPSA) is 77.0 Å². The molecule has 0 atom stereocenters. The molecule has 1 aliphatic carbocycles. The molecule has 5 nitrogen and oxygen atoms in total. The summed E-state index contributed by atoms with van der Waals surface area (Å²) < 4.78 is 5.46. The molecular weight excluding hydrogens is 236 g/mol. The van der Waals surface area contributed by atoms with E-state index in [0.29, 0.717) is 30.9 Å². The van der Waals surface area contributed by atoms with Crippen LogP contribution in [0.1, 0.15) is 31.6 Å². The molecule has 0 amide bonds. The molecule has 0 radical (unpaired) electrons. The maximum absolute atomic E-state index is 5.46. The van der Waals surface area contributed by atoms with Gasteiger partial charge >= 0.3 is 6.01 Å². The third-order valence-corrected chi connectivity index (χ3v) is 4.30. The Kier molecular flexibility index (Phi) is 4.67. The number of nitrogens with two attached hydrogens (primary N) is 1. The molecule has 1 aromatic heterocycles. The number of anilines is 1.